The molecule has 0 unspecified atom stereocenters. The molecule has 3 rings (SSSR count). The Kier molecular flexibility index (Phi) is 5.74. The lowest BCUT2D eigenvalue weighted by Crippen LogP contribution is -2.27. The lowest BCUT2D eigenvalue weighted by atomic mass is 10.2. The Hall–Kier alpha value is -2.48. The van der Waals surface area contributed by atoms with Crippen molar-refractivity contribution < 1.29 is 24.2 Å². The van der Waals surface area contributed by atoms with Crippen molar-refractivity contribution in [3.63, 3.8) is 0 Å². The van der Waals surface area contributed by atoms with E-state index in [0.29, 0.717) is 11.3 Å². The third-order valence-electron chi connectivity index (χ3n) is 3.47. The number of carboxylic acids is 1. The number of hydrogen-bond acceptors (Lipinski definition) is 5. The van der Waals surface area contributed by atoms with Crippen molar-refractivity contribution >= 4 is 63.8 Å². The average Bonchev–Trinajstić information content (AvgIpc) is 2.88. The maximum atomic E-state index is 12.6. The number of thioether (sulfide) groups is 1. The minimum absolute atomic E-state index is 0.0373. The van der Waals surface area contributed by atoms with Crippen LogP contribution < -0.4 is 9.64 Å². The minimum atomic E-state index is -1.17. The lowest BCUT2D eigenvalue weighted by molar-refractivity contribution is -0.139. The molecular formula is C18H11Cl2NO5S. The Labute approximate surface area is 168 Å². The summed E-state index contributed by atoms with van der Waals surface area (Å²) in [6.07, 6.45) is 1.49. The van der Waals surface area contributed by atoms with Crippen LogP contribution in [0.15, 0.2) is 47.4 Å². The van der Waals surface area contributed by atoms with Crippen molar-refractivity contribution in [1.82, 2.24) is 0 Å². The standard InChI is InChI=1S/C18H11Cl2NO5S/c19-12-6-10(7-13(20)16(12)26-9-15(22)23)8-14-17(24)21(18(25)27-14)11-4-2-1-3-5-11/h1-8H,9H2,(H,22,23)/b14-8-. The van der Waals surface area contributed by atoms with E-state index in [-0.39, 0.29) is 20.7 Å². The number of carbonyl (C=O) groups is 3. The molecule has 0 bridgehead atoms. The quantitative estimate of drug-likeness (QED) is 0.701. The molecular weight excluding hydrogens is 413 g/mol. The van der Waals surface area contributed by atoms with Crippen LogP contribution >= 0.6 is 35.0 Å². The normalized spacial score (nSPS) is 15.5. The van der Waals surface area contributed by atoms with Gasteiger partial charge in [-0.2, -0.15) is 0 Å². The molecule has 27 heavy (non-hydrogen) atoms. The predicted octanol–water partition coefficient (Wildman–Crippen LogP) is 4.70. The van der Waals surface area contributed by atoms with Crippen molar-refractivity contribution in [2.45, 2.75) is 0 Å². The number of carboxylic acid groups (broad SMARTS) is 1. The average molecular weight is 424 g/mol. The smallest absolute Gasteiger partial charge is 0.341 e. The number of benzene rings is 2. The van der Waals surface area contributed by atoms with Crippen LogP contribution in [-0.2, 0) is 9.59 Å². The second kappa shape index (κ2) is 8.04. The Morgan fingerprint density at radius 3 is 2.37 bits per heavy atom. The van der Waals surface area contributed by atoms with Gasteiger partial charge in [-0.3, -0.25) is 9.59 Å². The fraction of sp³-hybridized carbons (Fsp3) is 0.0556. The van der Waals surface area contributed by atoms with Gasteiger partial charge in [0.25, 0.3) is 11.1 Å². The van der Waals surface area contributed by atoms with E-state index in [0.717, 1.165) is 16.7 Å². The SMILES string of the molecule is O=C(O)COc1c(Cl)cc(/C=C2\SC(=O)N(c3ccccc3)C2=O)cc1Cl. The van der Waals surface area contributed by atoms with Crippen LogP contribution in [0.2, 0.25) is 10.0 Å². The van der Waals surface area contributed by atoms with Crippen LogP contribution in [0.1, 0.15) is 5.56 Å². The van der Waals surface area contributed by atoms with E-state index in [2.05, 4.69) is 0 Å². The third kappa shape index (κ3) is 4.27. The van der Waals surface area contributed by atoms with Gasteiger partial charge in [-0.05, 0) is 47.7 Å². The van der Waals surface area contributed by atoms with Gasteiger partial charge >= 0.3 is 5.97 Å². The molecule has 138 valence electrons. The highest BCUT2D eigenvalue weighted by molar-refractivity contribution is 8.19. The fourth-order valence-electron chi connectivity index (χ4n) is 2.35. The number of hydrogen-bond donors (Lipinski definition) is 1. The zero-order valence-corrected chi connectivity index (χ0v) is 15.8. The number of halogens is 2. The second-order valence-corrected chi connectivity index (χ2v) is 7.16. The molecule has 1 aliphatic rings. The number of amides is 2. The summed E-state index contributed by atoms with van der Waals surface area (Å²) in [4.78, 5) is 36.7. The second-order valence-electron chi connectivity index (χ2n) is 5.35. The van der Waals surface area contributed by atoms with E-state index < -0.39 is 23.7 Å². The van der Waals surface area contributed by atoms with Gasteiger partial charge in [0.05, 0.1) is 20.6 Å². The maximum Gasteiger partial charge on any atom is 0.341 e. The zero-order valence-electron chi connectivity index (χ0n) is 13.5. The van der Waals surface area contributed by atoms with E-state index in [1.165, 1.54) is 18.2 Å². The Bertz CT molecular complexity index is 938. The molecule has 1 N–H and O–H groups in total. The highest BCUT2D eigenvalue weighted by Crippen LogP contribution is 2.38. The summed E-state index contributed by atoms with van der Waals surface area (Å²) in [5, 5.41) is 8.46. The predicted molar refractivity (Wildman–Crippen MR) is 104 cm³/mol. The van der Waals surface area contributed by atoms with Gasteiger partial charge < -0.3 is 9.84 Å². The summed E-state index contributed by atoms with van der Waals surface area (Å²) in [6, 6.07) is 11.5. The first-order chi connectivity index (χ1) is 12.9. The first-order valence-corrected chi connectivity index (χ1v) is 9.10. The maximum absolute atomic E-state index is 12.6. The first-order valence-electron chi connectivity index (χ1n) is 7.53. The van der Waals surface area contributed by atoms with E-state index in [1.54, 1.807) is 30.3 Å². The van der Waals surface area contributed by atoms with Crippen LogP contribution in [-0.4, -0.2) is 28.8 Å². The van der Waals surface area contributed by atoms with Gasteiger partial charge in [-0.25, -0.2) is 9.69 Å². The molecule has 1 heterocycles. The van der Waals surface area contributed by atoms with Crippen LogP contribution in [0.4, 0.5) is 10.5 Å². The molecule has 9 heteroatoms. The van der Waals surface area contributed by atoms with Crippen LogP contribution in [0.5, 0.6) is 5.75 Å². The van der Waals surface area contributed by atoms with Crippen LogP contribution in [0, 0.1) is 0 Å². The third-order valence-corrected chi connectivity index (χ3v) is 4.90. The number of imide groups is 1. The lowest BCUT2D eigenvalue weighted by Gasteiger charge is -2.11. The molecule has 1 saturated heterocycles. The molecule has 1 fully saturated rings. The number of nitrogens with zero attached hydrogens (tertiary/aromatic N) is 1. The molecule has 0 atom stereocenters. The zero-order chi connectivity index (χ0) is 19.6. The van der Waals surface area contributed by atoms with Gasteiger partial charge in [-0.15, -0.1) is 0 Å². The molecule has 2 aromatic rings. The summed E-state index contributed by atoms with van der Waals surface area (Å²) in [6.45, 7) is -0.589. The number of para-hydroxylation sites is 1. The van der Waals surface area contributed by atoms with Gasteiger partial charge in [-0.1, -0.05) is 41.4 Å². The largest absolute Gasteiger partial charge is 0.479 e. The summed E-state index contributed by atoms with van der Waals surface area (Å²) in [5.74, 6) is -1.58. The van der Waals surface area contributed by atoms with E-state index >= 15 is 0 Å². The van der Waals surface area contributed by atoms with E-state index in [1.807, 2.05) is 0 Å². The molecule has 6 nitrogen and oxygen atoms in total. The number of aliphatic carboxylic acids is 1. The molecule has 1 aliphatic heterocycles. The monoisotopic (exact) mass is 423 g/mol. The van der Waals surface area contributed by atoms with Crippen molar-refractivity contribution in [3.8, 4) is 5.75 Å². The van der Waals surface area contributed by atoms with E-state index in [4.69, 9.17) is 33.0 Å². The summed E-state index contributed by atoms with van der Waals surface area (Å²) in [5.41, 5.74) is 0.961. The summed E-state index contributed by atoms with van der Waals surface area (Å²) < 4.78 is 5.05. The molecule has 0 saturated carbocycles. The number of carbonyl (C=O) groups excluding carboxylic acids is 2. The van der Waals surface area contributed by atoms with Crippen molar-refractivity contribution in [2.75, 3.05) is 11.5 Å². The van der Waals surface area contributed by atoms with E-state index in [9.17, 15) is 14.4 Å². The highest BCUT2D eigenvalue weighted by Gasteiger charge is 2.36. The fourth-order valence-corrected chi connectivity index (χ4v) is 3.81. The molecule has 2 aromatic carbocycles. The number of rotatable bonds is 5. The minimum Gasteiger partial charge on any atom is -0.479 e. The van der Waals surface area contributed by atoms with Gasteiger partial charge in [0.15, 0.2) is 12.4 Å². The molecule has 0 spiro atoms. The number of anilines is 1. The molecule has 0 aromatic heterocycles. The number of ether oxygens (including phenoxy) is 1. The van der Waals surface area contributed by atoms with Crippen LogP contribution in [0.25, 0.3) is 6.08 Å². The van der Waals surface area contributed by atoms with Gasteiger partial charge in [0, 0.05) is 0 Å². The Morgan fingerprint density at radius 1 is 1.15 bits per heavy atom. The Balaban J connectivity index is 1.88. The van der Waals surface area contributed by atoms with Gasteiger partial charge in [0.2, 0.25) is 0 Å². The Morgan fingerprint density at radius 2 is 1.78 bits per heavy atom. The summed E-state index contributed by atoms with van der Waals surface area (Å²) >= 11 is 13.0. The molecule has 0 radical (unpaired) electrons. The van der Waals surface area contributed by atoms with Crippen molar-refractivity contribution in [2.24, 2.45) is 0 Å². The summed E-state index contributed by atoms with van der Waals surface area (Å²) in [7, 11) is 0. The molecule has 0 aliphatic carbocycles. The van der Waals surface area contributed by atoms with Crippen molar-refractivity contribution in [3.05, 3.63) is 63.0 Å². The topological polar surface area (TPSA) is 83.9 Å². The van der Waals surface area contributed by atoms with Crippen LogP contribution in [0.3, 0.4) is 0 Å². The van der Waals surface area contributed by atoms with Crippen molar-refractivity contribution in [1.29, 1.82) is 0 Å². The first kappa shape index (κ1) is 19.3. The van der Waals surface area contributed by atoms with Gasteiger partial charge in [0.1, 0.15) is 0 Å². The molecule has 2 amide bonds. The highest BCUT2D eigenvalue weighted by atomic mass is 35.5.